The molecule has 0 unspecified atom stereocenters. The maximum absolute atomic E-state index is 12.3. The van der Waals surface area contributed by atoms with Gasteiger partial charge in [0, 0.05) is 24.4 Å². The van der Waals surface area contributed by atoms with Gasteiger partial charge in [0.05, 0.1) is 7.11 Å². The first-order chi connectivity index (χ1) is 11.2. The summed E-state index contributed by atoms with van der Waals surface area (Å²) in [5.41, 5.74) is 1.62. The number of benzene rings is 1. The van der Waals surface area contributed by atoms with Crippen LogP contribution in [0.3, 0.4) is 0 Å². The van der Waals surface area contributed by atoms with Crippen molar-refractivity contribution in [1.82, 2.24) is 10.2 Å². The molecule has 0 radical (unpaired) electrons. The molecule has 1 aromatic carbocycles. The number of ether oxygens (including phenoxy) is 1. The highest BCUT2D eigenvalue weighted by Crippen LogP contribution is 2.24. The van der Waals surface area contributed by atoms with E-state index in [1.54, 1.807) is 12.3 Å². The molecular formula is C18H22N2O3. The summed E-state index contributed by atoms with van der Waals surface area (Å²) < 4.78 is 4.80. The fraction of sp³-hybridized carbons (Fsp3) is 0.333. The molecule has 2 amide bonds. The Kier molecular flexibility index (Phi) is 5.97. The van der Waals surface area contributed by atoms with E-state index < -0.39 is 6.09 Å². The van der Waals surface area contributed by atoms with Gasteiger partial charge in [-0.05, 0) is 24.8 Å². The number of carbonyl (C=O) groups excluding carboxylic acids is 2. The van der Waals surface area contributed by atoms with Gasteiger partial charge < -0.3 is 10.1 Å². The van der Waals surface area contributed by atoms with Crippen LogP contribution in [0.2, 0.25) is 0 Å². The molecule has 0 aliphatic carbocycles. The van der Waals surface area contributed by atoms with Crippen molar-refractivity contribution >= 4 is 12.0 Å². The minimum Gasteiger partial charge on any atom is -0.452 e. The van der Waals surface area contributed by atoms with Crippen LogP contribution >= 0.6 is 0 Å². The van der Waals surface area contributed by atoms with E-state index in [1.165, 1.54) is 12.0 Å². The smallest absolute Gasteiger partial charge is 0.413 e. The van der Waals surface area contributed by atoms with Gasteiger partial charge in [-0.15, -0.1) is 6.58 Å². The summed E-state index contributed by atoms with van der Waals surface area (Å²) in [5.74, 6) is -0.153. The van der Waals surface area contributed by atoms with Crippen molar-refractivity contribution in [2.75, 3.05) is 7.11 Å². The number of methoxy groups -OCH3 is 1. The molecule has 5 nitrogen and oxygen atoms in total. The Morgan fingerprint density at radius 1 is 1.39 bits per heavy atom. The number of hydrogen-bond donors (Lipinski definition) is 1. The van der Waals surface area contributed by atoms with E-state index >= 15 is 0 Å². The minimum absolute atomic E-state index is 0.00868. The van der Waals surface area contributed by atoms with Crippen LogP contribution in [0.15, 0.2) is 54.8 Å². The highest BCUT2D eigenvalue weighted by molar-refractivity contribution is 5.94. The Balaban J connectivity index is 2.04. The van der Waals surface area contributed by atoms with Crippen molar-refractivity contribution in [2.24, 2.45) is 0 Å². The molecule has 0 fully saturated rings. The van der Waals surface area contributed by atoms with Crippen LogP contribution in [0.4, 0.5) is 4.79 Å². The second-order valence-electron chi connectivity index (χ2n) is 5.42. The van der Waals surface area contributed by atoms with Gasteiger partial charge in [-0.1, -0.05) is 36.4 Å². The van der Waals surface area contributed by atoms with Crippen LogP contribution in [0.1, 0.15) is 24.8 Å². The number of nitrogens with one attached hydrogen (secondary N) is 1. The predicted molar refractivity (Wildman–Crippen MR) is 88.5 cm³/mol. The number of rotatable bonds is 5. The van der Waals surface area contributed by atoms with Gasteiger partial charge in [0.15, 0.2) is 0 Å². The molecule has 0 saturated carbocycles. The zero-order valence-corrected chi connectivity index (χ0v) is 13.3. The molecular weight excluding hydrogens is 292 g/mol. The van der Waals surface area contributed by atoms with Gasteiger partial charge in [-0.25, -0.2) is 4.79 Å². The highest BCUT2D eigenvalue weighted by Gasteiger charge is 2.28. The minimum atomic E-state index is -0.454. The zero-order valence-electron chi connectivity index (χ0n) is 13.3. The summed E-state index contributed by atoms with van der Waals surface area (Å²) in [6, 6.07) is 9.70. The largest absolute Gasteiger partial charge is 0.452 e. The summed E-state index contributed by atoms with van der Waals surface area (Å²) in [6.45, 7) is 4.18. The maximum atomic E-state index is 12.3. The molecule has 1 aromatic rings. The molecule has 1 atom stereocenters. The summed E-state index contributed by atoms with van der Waals surface area (Å²) in [5, 5.41) is 2.89. The van der Waals surface area contributed by atoms with Gasteiger partial charge in [0.1, 0.15) is 0 Å². The lowest BCUT2D eigenvalue weighted by Gasteiger charge is -2.31. The Morgan fingerprint density at radius 2 is 2.13 bits per heavy atom. The average Bonchev–Trinajstić information content (AvgIpc) is 2.60. The van der Waals surface area contributed by atoms with E-state index in [2.05, 4.69) is 11.9 Å². The van der Waals surface area contributed by atoms with Gasteiger partial charge in [0.2, 0.25) is 5.91 Å². The standard InChI is InChI=1S/C18H22N2O3/c1-3-7-16-11-10-15(13-20(16)18(22)23-2)17(21)19-12-14-8-5-4-6-9-14/h3-6,8-9,13,16H,1,7,10-12H2,2H3,(H,19,21)/t16-/m0/s1. The third-order valence-electron chi connectivity index (χ3n) is 3.85. The average molecular weight is 314 g/mol. The van der Waals surface area contributed by atoms with Gasteiger partial charge >= 0.3 is 6.09 Å². The molecule has 1 N–H and O–H groups in total. The monoisotopic (exact) mass is 314 g/mol. The number of carbonyl (C=O) groups is 2. The first-order valence-corrected chi connectivity index (χ1v) is 7.65. The molecule has 0 bridgehead atoms. The van der Waals surface area contributed by atoms with Crippen LogP contribution in [0, 0.1) is 0 Å². The Bertz CT molecular complexity index is 596. The lowest BCUT2D eigenvalue weighted by molar-refractivity contribution is -0.118. The lowest BCUT2D eigenvalue weighted by Crippen LogP contribution is -2.40. The van der Waals surface area contributed by atoms with Crippen molar-refractivity contribution in [3.63, 3.8) is 0 Å². The van der Waals surface area contributed by atoms with Crippen LogP contribution in [0.5, 0.6) is 0 Å². The van der Waals surface area contributed by atoms with Gasteiger partial charge in [-0.3, -0.25) is 9.69 Å². The van der Waals surface area contributed by atoms with Crippen LogP contribution in [-0.4, -0.2) is 30.1 Å². The van der Waals surface area contributed by atoms with Crippen molar-refractivity contribution in [2.45, 2.75) is 31.8 Å². The fourth-order valence-corrected chi connectivity index (χ4v) is 2.59. The first kappa shape index (κ1) is 16.8. The molecule has 0 aromatic heterocycles. The second-order valence-corrected chi connectivity index (χ2v) is 5.42. The third-order valence-corrected chi connectivity index (χ3v) is 3.85. The Hall–Kier alpha value is -2.56. The van der Waals surface area contributed by atoms with Gasteiger partial charge in [-0.2, -0.15) is 0 Å². The second kappa shape index (κ2) is 8.17. The Labute approximate surface area is 136 Å². The normalized spacial score (nSPS) is 17.2. The molecule has 0 saturated heterocycles. The summed E-state index contributed by atoms with van der Waals surface area (Å²) in [6.07, 6.45) is 4.94. The first-order valence-electron chi connectivity index (χ1n) is 7.65. The van der Waals surface area contributed by atoms with E-state index in [0.29, 0.717) is 31.4 Å². The molecule has 0 spiro atoms. The van der Waals surface area contributed by atoms with E-state index in [4.69, 9.17) is 4.74 Å². The van der Waals surface area contributed by atoms with Crippen molar-refractivity contribution in [3.05, 3.63) is 60.3 Å². The lowest BCUT2D eigenvalue weighted by atomic mass is 9.97. The summed E-state index contributed by atoms with van der Waals surface area (Å²) >= 11 is 0. The van der Waals surface area contributed by atoms with Crippen LogP contribution in [0.25, 0.3) is 0 Å². The molecule has 5 heteroatoms. The fourth-order valence-electron chi connectivity index (χ4n) is 2.59. The highest BCUT2D eigenvalue weighted by atomic mass is 16.5. The van der Waals surface area contributed by atoms with Gasteiger partial charge in [0.25, 0.3) is 0 Å². The van der Waals surface area contributed by atoms with E-state index in [0.717, 1.165) is 5.56 Å². The summed E-state index contributed by atoms with van der Waals surface area (Å²) in [7, 11) is 1.34. The zero-order chi connectivity index (χ0) is 16.7. The number of hydrogen-bond acceptors (Lipinski definition) is 3. The molecule has 2 rings (SSSR count). The topological polar surface area (TPSA) is 58.6 Å². The Morgan fingerprint density at radius 3 is 2.78 bits per heavy atom. The SMILES string of the molecule is C=CC[C@H]1CCC(C(=O)NCc2ccccc2)=CN1C(=O)OC. The maximum Gasteiger partial charge on any atom is 0.413 e. The third kappa shape index (κ3) is 4.45. The van der Waals surface area contributed by atoms with Crippen LogP contribution in [-0.2, 0) is 16.1 Å². The molecule has 1 aliphatic heterocycles. The van der Waals surface area contributed by atoms with Crippen molar-refractivity contribution in [3.8, 4) is 0 Å². The van der Waals surface area contributed by atoms with E-state index in [1.807, 2.05) is 30.3 Å². The molecule has 1 aliphatic rings. The predicted octanol–water partition coefficient (Wildman–Crippen LogP) is 2.99. The van der Waals surface area contributed by atoms with Crippen molar-refractivity contribution < 1.29 is 14.3 Å². The summed E-state index contributed by atoms with van der Waals surface area (Å²) in [4.78, 5) is 25.7. The number of nitrogens with zero attached hydrogens (tertiary/aromatic N) is 1. The van der Waals surface area contributed by atoms with E-state index in [9.17, 15) is 9.59 Å². The molecule has 1 heterocycles. The van der Waals surface area contributed by atoms with E-state index in [-0.39, 0.29) is 11.9 Å². The van der Waals surface area contributed by atoms with Crippen molar-refractivity contribution in [1.29, 1.82) is 0 Å². The number of amides is 2. The molecule has 122 valence electrons. The molecule has 23 heavy (non-hydrogen) atoms. The quantitative estimate of drug-likeness (QED) is 0.850. The van der Waals surface area contributed by atoms with Crippen LogP contribution < -0.4 is 5.32 Å².